The fourth-order valence-corrected chi connectivity index (χ4v) is 3.47. The van der Waals surface area contributed by atoms with E-state index in [4.69, 9.17) is 11.6 Å². The van der Waals surface area contributed by atoms with Crippen LogP contribution >= 0.6 is 11.6 Å². The number of rotatable bonds is 6. The van der Waals surface area contributed by atoms with Gasteiger partial charge in [0.2, 0.25) is 5.91 Å². The number of hydrazine groups is 1. The molecular weight excluding hydrogens is 366 g/mol. The van der Waals surface area contributed by atoms with Gasteiger partial charge in [-0.15, -0.1) is 0 Å². The van der Waals surface area contributed by atoms with E-state index in [1.807, 2.05) is 37.3 Å². The van der Waals surface area contributed by atoms with Crippen molar-refractivity contribution in [2.75, 3.05) is 13.1 Å². The number of nitrogens with zero attached hydrogens (tertiary/aromatic N) is 2. The molecule has 2 unspecified atom stereocenters. The van der Waals surface area contributed by atoms with E-state index < -0.39 is 0 Å². The summed E-state index contributed by atoms with van der Waals surface area (Å²) in [6.45, 7) is 5.26. The molecule has 8 heteroatoms. The maximum Gasteiger partial charge on any atom is 0.347 e. The van der Waals surface area contributed by atoms with Crippen molar-refractivity contribution in [3.63, 3.8) is 0 Å². The third-order valence-corrected chi connectivity index (χ3v) is 5.04. The lowest BCUT2D eigenvalue weighted by molar-refractivity contribution is -0.121. The number of aryl methyl sites for hydroxylation is 2. The van der Waals surface area contributed by atoms with Crippen LogP contribution in [-0.4, -0.2) is 28.5 Å². The van der Waals surface area contributed by atoms with Crippen molar-refractivity contribution in [2.45, 2.75) is 32.9 Å². The molecule has 2 heterocycles. The van der Waals surface area contributed by atoms with E-state index in [9.17, 15) is 9.59 Å². The zero-order valence-corrected chi connectivity index (χ0v) is 16.2. The van der Waals surface area contributed by atoms with Gasteiger partial charge in [0.25, 0.3) is 0 Å². The Morgan fingerprint density at radius 1 is 1.33 bits per heavy atom. The number of carbonyl (C=O) groups is 1. The highest BCUT2D eigenvalue weighted by atomic mass is 35.5. The Bertz CT molecular complexity index is 865. The van der Waals surface area contributed by atoms with E-state index in [0.29, 0.717) is 23.8 Å². The first-order chi connectivity index (χ1) is 12.9. The van der Waals surface area contributed by atoms with Crippen LogP contribution in [-0.2, 0) is 11.3 Å². The number of aromatic nitrogens is 2. The molecule has 1 fully saturated rings. The predicted molar refractivity (Wildman–Crippen MR) is 104 cm³/mol. The Kier molecular flexibility index (Phi) is 6.26. The lowest BCUT2D eigenvalue weighted by Crippen LogP contribution is -2.34. The maximum atomic E-state index is 12.2. The SMILES string of the molecule is Cc1cc(C)n(CCC(=O)NCC2CNNC2c2ccc(Cl)cc2)c(=O)n1. The molecule has 144 valence electrons. The highest BCUT2D eigenvalue weighted by Gasteiger charge is 2.28. The first-order valence-electron chi connectivity index (χ1n) is 8.99. The fraction of sp³-hybridized carbons (Fsp3) is 0.421. The molecule has 7 nitrogen and oxygen atoms in total. The van der Waals surface area contributed by atoms with Crippen molar-refractivity contribution >= 4 is 17.5 Å². The first-order valence-corrected chi connectivity index (χ1v) is 9.37. The Labute approximate surface area is 163 Å². The highest BCUT2D eigenvalue weighted by molar-refractivity contribution is 6.30. The van der Waals surface area contributed by atoms with Crippen LogP contribution in [0.15, 0.2) is 35.1 Å². The van der Waals surface area contributed by atoms with Gasteiger partial charge in [-0.25, -0.2) is 10.2 Å². The van der Waals surface area contributed by atoms with Crippen LogP contribution in [0.2, 0.25) is 5.02 Å². The molecular formula is C19H24ClN5O2. The van der Waals surface area contributed by atoms with Crippen molar-refractivity contribution in [2.24, 2.45) is 5.92 Å². The third-order valence-electron chi connectivity index (χ3n) is 4.79. The summed E-state index contributed by atoms with van der Waals surface area (Å²) in [6, 6.07) is 9.65. The van der Waals surface area contributed by atoms with E-state index >= 15 is 0 Å². The Hall–Kier alpha value is -2.22. The van der Waals surface area contributed by atoms with Crippen molar-refractivity contribution in [1.82, 2.24) is 25.7 Å². The van der Waals surface area contributed by atoms with Crippen molar-refractivity contribution in [1.29, 1.82) is 0 Å². The maximum absolute atomic E-state index is 12.2. The summed E-state index contributed by atoms with van der Waals surface area (Å²) in [5, 5.41) is 3.68. The van der Waals surface area contributed by atoms with Crippen molar-refractivity contribution in [3.8, 4) is 0 Å². The summed E-state index contributed by atoms with van der Waals surface area (Å²) in [6.07, 6.45) is 0.241. The van der Waals surface area contributed by atoms with E-state index in [0.717, 1.165) is 17.8 Å². The van der Waals surface area contributed by atoms with E-state index in [-0.39, 0.29) is 30.0 Å². The number of benzene rings is 1. The van der Waals surface area contributed by atoms with E-state index in [1.54, 1.807) is 6.92 Å². The van der Waals surface area contributed by atoms with Crippen LogP contribution in [0.3, 0.4) is 0 Å². The average Bonchev–Trinajstić information content (AvgIpc) is 3.08. The normalized spacial score (nSPS) is 19.2. The molecule has 1 amide bonds. The zero-order chi connectivity index (χ0) is 19.4. The summed E-state index contributed by atoms with van der Waals surface area (Å²) in [7, 11) is 0. The van der Waals surface area contributed by atoms with Crippen molar-refractivity contribution < 1.29 is 4.79 Å². The second-order valence-electron chi connectivity index (χ2n) is 6.84. The quantitative estimate of drug-likeness (QED) is 0.696. The molecule has 2 aromatic rings. The van der Waals surface area contributed by atoms with Crippen LogP contribution in [0.5, 0.6) is 0 Å². The minimum atomic E-state index is -0.313. The molecule has 0 radical (unpaired) electrons. The molecule has 3 rings (SSSR count). The van der Waals surface area contributed by atoms with Gasteiger partial charge in [0.15, 0.2) is 0 Å². The number of amides is 1. The number of carbonyl (C=O) groups excluding carboxylic acids is 1. The molecule has 0 bridgehead atoms. The molecule has 1 aromatic carbocycles. The topological polar surface area (TPSA) is 88.0 Å². The minimum absolute atomic E-state index is 0.0800. The van der Waals surface area contributed by atoms with Gasteiger partial charge in [0.05, 0.1) is 6.04 Å². The lowest BCUT2D eigenvalue weighted by Gasteiger charge is -2.19. The average molecular weight is 390 g/mol. The van der Waals surface area contributed by atoms with Gasteiger partial charge >= 0.3 is 5.69 Å². The Morgan fingerprint density at radius 2 is 2.07 bits per heavy atom. The zero-order valence-electron chi connectivity index (χ0n) is 15.5. The van der Waals surface area contributed by atoms with Gasteiger partial charge in [0.1, 0.15) is 0 Å². The summed E-state index contributed by atoms with van der Waals surface area (Å²) in [5.41, 5.74) is 8.70. The van der Waals surface area contributed by atoms with Gasteiger partial charge in [-0.05, 0) is 37.6 Å². The van der Waals surface area contributed by atoms with Gasteiger partial charge in [-0.1, -0.05) is 23.7 Å². The summed E-state index contributed by atoms with van der Waals surface area (Å²) in [5.74, 6) is 0.143. The van der Waals surface area contributed by atoms with E-state index in [1.165, 1.54) is 4.57 Å². The molecule has 0 aliphatic carbocycles. The minimum Gasteiger partial charge on any atom is -0.356 e. The van der Waals surface area contributed by atoms with Crippen LogP contribution < -0.4 is 21.9 Å². The standard InChI is InChI=1S/C19H24ClN5O2/c1-12-9-13(2)25(19(27)23-12)8-7-17(26)21-10-15-11-22-24-18(15)14-3-5-16(20)6-4-14/h3-6,9,15,18,22,24H,7-8,10-11H2,1-2H3,(H,21,26). The van der Waals surface area contributed by atoms with Gasteiger partial charge in [-0.2, -0.15) is 4.98 Å². The summed E-state index contributed by atoms with van der Waals surface area (Å²) < 4.78 is 1.53. The monoisotopic (exact) mass is 389 g/mol. The summed E-state index contributed by atoms with van der Waals surface area (Å²) >= 11 is 5.95. The second-order valence-corrected chi connectivity index (χ2v) is 7.28. The molecule has 1 aliphatic heterocycles. The predicted octanol–water partition coefficient (Wildman–Crippen LogP) is 1.49. The van der Waals surface area contributed by atoms with Crippen LogP contribution in [0.4, 0.5) is 0 Å². The number of halogens is 1. The van der Waals surface area contributed by atoms with Crippen LogP contribution in [0, 0.1) is 19.8 Å². The molecule has 0 spiro atoms. The molecule has 3 N–H and O–H groups in total. The number of hydrogen-bond donors (Lipinski definition) is 3. The first kappa shape index (κ1) is 19.5. The van der Waals surface area contributed by atoms with Gasteiger partial charge in [0, 0.05) is 48.4 Å². The van der Waals surface area contributed by atoms with Crippen LogP contribution in [0.1, 0.15) is 29.4 Å². The number of hydrogen-bond acceptors (Lipinski definition) is 5. The molecule has 1 aliphatic rings. The smallest absolute Gasteiger partial charge is 0.347 e. The Morgan fingerprint density at radius 3 is 2.78 bits per heavy atom. The van der Waals surface area contributed by atoms with Gasteiger partial charge in [-0.3, -0.25) is 14.8 Å². The molecule has 2 atom stereocenters. The lowest BCUT2D eigenvalue weighted by atomic mass is 9.95. The summed E-state index contributed by atoms with van der Waals surface area (Å²) in [4.78, 5) is 28.1. The second kappa shape index (κ2) is 8.65. The largest absolute Gasteiger partial charge is 0.356 e. The fourth-order valence-electron chi connectivity index (χ4n) is 3.34. The van der Waals surface area contributed by atoms with Gasteiger partial charge < -0.3 is 5.32 Å². The Balaban J connectivity index is 1.53. The molecule has 27 heavy (non-hydrogen) atoms. The molecule has 0 saturated carbocycles. The highest BCUT2D eigenvalue weighted by Crippen LogP contribution is 2.25. The third kappa shape index (κ3) is 4.94. The molecule has 1 saturated heterocycles. The van der Waals surface area contributed by atoms with Crippen LogP contribution in [0.25, 0.3) is 0 Å². The van der Waals surface area contributed by atoms with E-state index in [2.05, 4.69) is 21.2 Å². The molecule has 1 aromatic heterocycles. The number of nitrogens with one attached hydrogen (secondary N) is 3. The van der Waals surface area contributed by atoms with Crippen molar-refractivity contribution in [3.05, 3.63) is 62.8 Å².